The van der Waals surface area contributed by atoms with Gasteiger partial charge in [-0.2, -0.15) is 0 Å². The smallest absolute Gasteiger partial charge is 0.249 e. The van der Waals surface area contributed by atoms with Crippen LogP contribution in [0.1, 0.15) is 19.4 Å². The maximum atomic E-state index is 12.0. The summed E-state index contributed by atoms with van der Waals surface area (Å²) in [7, 11) is 0. The molecule has 1 aliphatic heterocycles. The van der Waals surface area contributed by atoms with Crippen LogP contribution < -0.4 is 15.1 Å². The molecule has 1 unspecified atom stereocenters. The SMILES string of the molecule is CC(C)C(O)C(=O)NCc1cccnc1N1CCN(c2ccccn2)CC1. The van der Waals surface area contributed by atoms with Gasteiger partial charge in [0.2, 0.25) is 5.91 Å². The standard InChI is InChI=1S/C20H27N5O2/c1-15(2)18(26)20(27)23-14-16-6-5-9-22-19(16)25-12-10-24(11-13-25)17-7-3-4-8-21-17/h3-9,15,18,26H,10-14H2,1-2H3,(H,23,27). The van der Waals surface area contributed by atoms with Gasteiger partial charge in [-0.25, -0.2) is 9.97 Å². The van der Waals surface area contributed by atoms with Crippen LogP contribution in [-0.4, -0.2) is 53.3 Å². The van der Waals surface area contributed by atoms with Crippen molar-refractivity contribution >= 4 is 17.5 Å². The predicted molar refractivity (Wildman–Crippen MR) is 106 cm³/mol. The summed E-state index contributed by atoms with van der Waals surface area (Å²) in [5.74, 6) is 1.42. The highest BCUT2D eigenvalue weighted by atomic mass is 16.3. The number of carbonyl (C=O) groups excluding carboxylic acids is 1. The molecule has 2 aromatic heterocycles. The van der Waals surface area contributed by atoms with Crippen LogP contribution in [0.5, 0.6) is 0 Å². The van der Waals surface area contributed by atoms with Gasteiger partial charge in [0.05, 0.1) is 0 Å². The number of rotatable bonds is 6. The fraction of sp³-hybridized carbons (Fsp3) is 0.450. The molecule has 0 aliphatic carbocycles. The molecule has 1 amide bonds. The summed E-state index contributed by atoms with van der Waals surface area (Å²) >= 11 is 0. The van der Waals surface area contributed by atoms with Gasteiger partial charge in [-0.05, 0) is 24.1 Å². The number of hydrogen-bond donors (Lipinski definition) is 2. The molecule has 0 aromatic carbocycles. The van der Waals surface area contributed by atoms with Crippen molar-refractivity contribution in [3.8, 4) is 0 Å². The number of amides is 1. The Balaban J connectivity index is 1.62. The second-order valence-corrected chi connectivity index (χ2v) is 7.05. The summed E-state index contributed by atoms with van der Waals surface area (Å²) in [4.78, 5) is 25.5. The highest BCUT2D eigenvalue weighted by Gasteiger charge is 2.22. The third-order valence-corrected chi connectivity index (χ3v) is 4.77. The molecule has 1 saturated heterocycles. The molecular formula is C20H27N5O2. The molecule has 7 heteroatoms. The molecule has 1 atom stereocenters. The topological polar surface area (TPSA) is 81.6 Å². The van der Waals surface area contributed by atoms with Crippen LogP contribution in [0, 0.1) is 5.92 Å². The lowest BCUT2D eigenvalue weighted by Crippen LogP contribution is -2.47. The van der Waals surface area contributed by atoms with Gasteiger partial charge >= 0.3 is 0 Å². The lowest BCUT2D eigenvalue weighted by atomic mass is 10.1. The van der Waals surface area contributed by atoms with E-state index in [1.54, 1.807) is 6.20 Å². The average molecular weight is 369 g/mol. The summed E-state index contributed by atoms with van der Waals surface area (Å²) in [6.07, 6.45) is 2.59. The van der Waals surface area contributed by atoms with Crippen LogP contribution >= 0.6 is 0 Å². The molecule has 3 heterocycles. The lowest BCUT2D eigenvalue weighted by molar-refractivity contribution is -0.131. The van der Waals surface area contributed by atoms with E-state index in [1.807, 2.05) is 50.4 Å². The Morgan fingerprint density at radius 2 is 1.78 bits per heavy atom. The molecule has 144 valence electrons. The molecule has 2 N–H and O–H groups in total. The maximum Gasteiger partial charge on any atom is 0.249 e. The largest absolute Gasteiger partial charge is 0.383 e. The minimum absolute atomic E-state index is 0.113. The molecule has 0 bridgehead atoms. The number of aliphatic hydroxyl groups is 1. The number of hydrogen-bond acceptors (Lipinski definition) is 6. The lowest BCUT2D eigenvalue weighted by Gasteiger charge is -2.36. The zero-order valence-corrected chi connectivity index (χ0v) is 15.9. The Labute approximate surface area is 160 Å². The second-order valence-electron chi connectivity index (χ2n) is 7.05. The third kappa shape index (κ3) is 4.74. The Morgan fingerprint density at radius 3 is 2.44 bits per heavy atom. The zero-order chi connectivity index (χ0) is 19.2. The highest BCUT2D eigenvalue weighted by molar-refractivity contribution is 5.80. The molecule has 27 heavy (non-hydrogen) atoms. The summed E-state index contributed by atoms with van der Waals surface area (Å²) in [5.41, 5.74) is 0.952. The van der Waals surface area contributed by atoms with E-state index in [0.717, 1.165) is 43.4 Å². The van der Waals surface area contributed by atoms with Gasteiger partial charge < -0.3 is 20.2 Å². The summed E-state index contributed by atoms with van der Waals surface area (Å²) in [5, 5.41) is 12.7. The summed E-state index contributed by atoms with van der Waals surface area (Å²) in [6.45, 7) is 7.40. The van der Waals surface area contributed by atoms with Crippen molar-refractivity contribution in [3.05, 3.63) is 48.3 Å². The van der Waals surface area contributed by atoms with E-state index in [-0.39, 0.29) is 11.8 Å². The Morgan fingerprint density at radius 1 is 1.07 bits per heavy atom. The Bertz CT molecular complexity index is 745. The van der Waals surface area contributed by atoms with E-state index >= 15 is 0 Å². The predicted octanol–water partition coefficient (Wildman–Crippen LogP) is 1.44. The average Bonchev–Trinajstić information content (AvgIpc) is 2.72. The number of nitrogens with zero attached hydrogens (tertiary/aromatic N) is 4. The Hall–Kier alpha value is -2.67. The van der Waals surface area contributed by atoms with Crippen molar-refractivity contribution < 1.29 is 9.90 Å². The van der Waals surface area contributed by atoms with E-state index in [1.165, 1.54) is 0 Å². The molecule has 7 nitrogen and oxygen atoms in total. The number of nitrogens with one attached hydrogen (secondary N) is 1. The fourth-order valence-electron chi connectivity index (χ4n) is 3.13. The van der Waals surface area contributed by atoms with Crippen molar-refractivity contribution in [2.24, 2.45) is 5.92 Å². The molecule has 0 radical (unpaired) electrons. The van der Waals surface area contributed by atoms with Gasteiger partial charge in [0, 0.05) is 50.7 Å². The highest BCUT2D eigenvalue weighted by Crippen LogP contribution is 2.21. The van der Waals surface area contributed by atoms with Crippen LogP contribution in [0.4, 0.5) is 11.6 Å². The molecular weight excluding hydrogens is 342 g/mol. The number of piperazine rings is 1. The van der Waals surface area contributed by atoms with E-state index in [2.05, 4.69) is 25.1 Å². The minimum Gasteiger partial charge on any atom is -0.383 e. The maximum absolute atomic E-state index is 12.0. The molecule has 1 fully saturated rings. The number of pyridine rings is 2. The van der Waals surface area contributed by atoms with Gasteiger partial charge in [-0.1, -0.05) is 26.0 Å². The van der Waals surface area contributed by atoms with Gasteiger partial charge in [0.25, 0.3) is 0 Å². The van der Waals surface area contributed by atoms with Crippen LogP contribution in [0.15, 0.2) is 42.7 Å². The Kier molecular flexibility index (Phi) is 6.24. The van der Waals surface area contributed by atoms with Gasteiger partial charge in [0.15, 0.2) is 0 Å². The van der Waals surface area contributed by atoms with Crippen molar-refractivity contribution in [1.82, 2.24) is 15.3 Å². The first-order valence-electron chi connectivity index (χ1n) is 9.37. The normalized spacial score (nSPS) is 15.7. The van der Waals surface area contributed by atoms with E-state index in [9.17, 15) is 9.90 Å². The van der Waals surface area contributed by atoms with Gasteiger partial charge in [0.1, 0.15) is 17.7 Å². The van der Waals surface area contributed by atoms with Crippen molar-refractivity contribution in [1.29, 1.82) is 0 Å². The third-order valence-electron chi connectivity index (χ3n) is 4.77. The van der Waals surface area contributed by atoms with Crippen molar-refractivity contribution in [3.63, 3.8) is 0 Å². The molecule has 2 aromatic rings. The number of carbonyl (C=O) groups is 1. The monoisotopic (exact) mass is 369 g/mol. The first-order valence-corrected chi connectivity index (χ1v) is 9.37. The van der Waals surface area contributed by atoms with E-state index in [4.69, 9.17) is 0 Å². The number of anilines is 2. The first-order chi connectivity index (χ1) is 13.1. The van der Waals surface area contributed by atoms with Crippen LogP contribution in [-0.2, 0) is 11.3 Å². The fourth-order valence-corrected chi connectivity index (χ4v) is 3.13. The zero-order valence-electron chi connectivity index (χ0n) is 15.9. The number of aromatic nitrogens is 2. The minimum atomic E-state index is -0.993. The molecule has 3 rings (SSSR count). The quantitative estimate of drug-likeness (QED) is 0.802. The number of aliphatic hydroxyl groups excluding tert-OH is 1. The molecule has 0 spiro atoms. The molecule has 1 aliphatic rings. The van der Waals surface area contributed by atoms with Crippen molar-refractivity contribution in [2.75, 3.05) is 36.0 Å². The van der Waals surface area contributed by atoms with Crippen LogP contribution in [0.2, 0.25) is 0 Å². The summed E-state index contributed by atoms with van der Waals surface area (Å²) in [6, 6.07) is 9.78. The van der Waals surface area contributed by atoms with E-state index in [0.29, 0.717) is 6.54 Å². The van der Waals surface area contributed by atoms with E-state index < -0.39 is 6.10 Å². The summed E-state index contributed by atoms with van der Waals surface area (Å²) < 4.78 is 0. The van der Waals surface area contributed by atoms with Crippen LogP contribution in [0.25, 0.3) is 0 Å². The van der Waals surface area contributed by atoms with Crippen LogP contribution in [0.3, 0.4) is 0 Å². The van der Waals surface area contributed by atoms with Gasteiger partial charge in [-0.15, -0.1) is 0 Å². The van der Waals surface area contributed by atoms with Gasteiger partial charge in [-0.3, -0.25) is 4.79 Å². The van der Waals surface area contributed by atoms with Crippen molar-refractivity contribution in [2.45, 2.75) is 26.5 Å². The second kappa shape index (κ2) is 8.81. The first kappa shape index (κ1) is 19.1. The molecule has 0 saturated carbocycles.